The minimum Gasteiger partial charge on any atom is -0.240 e. The molecule has 3 nitrogen and oxygen atoms in total. The molecule has 0 bridgehead atoms. The zero-order chi connectivity index (χ0) is 11.0. The Morgan fingerprint density at radius 3 is 2.20 bits per heavy atom. The molecule has 8 heteroatoms. The second-order valence-corrected chi connectivity index (χ2v) is 5.87. The van der Waals surface area contributed by atoms with Crippen LogP contribution in [0.3, 0.4) is 0 Å². The minimum absolute atomic E-state index is 0.317. The first-order valence-corrected chi connectivity index (χ1v) is 6.61. The molecule has 0 spiro atoms. The maximum atomic E-state index is 5.88. The lowest BCUT2D eigenvalue weighted by Gasteiger charge is -2.00. The Balaban J connectivity index is 2.55. The van der Waals surface area contributed by atoms with Gasteiger partial charge >= 0.3 is 0 Å². The van der Waals surface area contributed by atoms with Gasteiger partial charge in [-0.25, -0.2) is 15.0 Å². The van der Waals surface area contributed by atoms with E-state index in [4.69, 9.17) is 34.8 Å². The number of nitrogens with zero attached hydrogens (tertiary/aromatic N) is 3. The van der Waals surface area contributed by atoms with E-state index in [1.54, 1.807) is 0 Å². The van der Waals surface area contributed by atoms with E-state index in [9.17, 15) is 0 Å². The van der Waals surface area contributed by atoms with Crippen LogP contribution in [0.1, 0.15) is 0 Å². The van der Waals surface area contributed by atoms with Crippen LogP contribution >= 0.6 is 68.7 Å². The topological polar surface area (TPSA) is 38.7 Å². The molecule has 0 unspecified atom stereocenters. The first kappa shape index (κ1) is 11.8. The summed E-state index contributed by atoms with van der Waals surface area (Å²) in [7, 11) is 0. The maximum Gasteiger partial charge on any atom is 0.191 e. The highest BCUT2D eigenvalue weighted by atomic mass is 127. The summed E-state index contributed by atoms with van der Waals surface area (Å²) in [5.74, 6) is 0.391. The summed E-state index contributed by atoms with van der Waals surface area (Å²) in [5, 5.41) is 1.23. The Morgan fingerprint density at radius 1 is 1.13 bits per heavy atom. The van der Waals surface area contributed by atoms with E-state index in [1.807, 2.05) is 22.6 Å². The Kier molecular flexibility index (Phi) is 3.67. The molecular formula is C7HCl3IN3S. The van der Waals surface area contributed by atoms with Crippen molar-refractivity contribution < 1.29 is 0 Å². The third kappa shape index (κ3) is 2.52. The molecule has 0 saturated carbocycles. The molecule has 0 aromatic carbocycles. The van der Waals surface area contributed by atoms with Crippen LogP contribution in [0.2, 0.25) is 14.6 Å². The molecule has 0 saturated heterocycles. The highest BCUT2D eigenvalue weighted by molar-refractivity contribution is 14.1. The standard InChI is InChI=1S/C7HCl3IN3S/c8-2-1-12-7(15-2)6-13-4(9)3(11)5(10)14-6/h1H. The van der Waals surface area contributed by atoms with Crippen molar-refractivity contribution in [1.29, 1.82) is 0 Å². The summed E-state index contributed by atoms with van der Waals surface area (Å²) in [4.78, 5) is 12.2. The smallest absolute Gasteiger partial charge is 0.191 e. The molecule has 2 heterocycles. The number of hydrogen-bond acceptors (Lipinski definition) is 4. The quantitative estimate of drug-likeness (QED) is 0.540. The van der Waals surface area contributed by atoms with Crippen LogP contribution in [0, 0.1) is 3.57 Å². The first-order valence-electron chi connectivity index (χ1n) is 3.58. The summed E-state index contributed by atoms with van der Waals surface area (Å²) in [6, 6.07) is 0. The molecule has 0 atom stereocenters. The van der Waals surface area contributed by atoms with Gasteiger partial charge in [0.1, 0.15) is 14.6 Å². The first-order chi connectivity index (χ1) is 7.08. The van der Waals surface area contributed by atoms with Crippen LogP contribution in [0.15, 0.2) is 6.20 Å². The fourth-order valence-electron chi connectivity index (χ4n) is 0.848. The van der Waals surface area contributed by atoms with Crippen LogP contribution in [0.4, 0.5) is 0 Å². The number of hydrogen-bond donors (Lipinski definition) is 0. The lowest BCUT2D eigenvalue weighted by Crippen LogP contribution is -1.93. The molecule has 2 aromatic heterocycles. The van der Waals surface area contributed by atoms with Gasteiger partial charge in [0.05, 0.1) is 9.77 Å². The second-order valence-electron chi connectivity index (χ2n) is 2.41. The maximum absolute atomic E-state index is 5.88. The monoisotopic (exact) mass is 391 g/mol. The average Bonchev–Trinajstić information content (AvgIpc) is 2.60. The SMILES string of the molecule is Clc1cnc(-c2nc(Cl)c(I)c(Cl)n2)s1. The Hall–Kier alpha value is 0.310. The van der Waals surface area contributed by atoms with E-state index >= 15 is 0 Å². The predicted molar refractivity (Wildman–Crippen MR) is 70.9 cm³/mol. The predicted octanol–water partition coefficient (Wildman–Crippen LogP) is 4.16. The molecule has 15 heavy (non-hydrogen) atoms. The van der Waals surface area contributed by atoms with Crippen molar-refractivity contribution in [1.82, 2.24) is 15.0 Å². The lowest BCUT2D eigenvalue weighted by atomic mass is 10.6. The van der Waals surface area contributed by atoms with Gasteiger partial charge in [0.25, 0.3) is 0 Å². The summed E-state index contributed by atoms with van der Waals surface area (Å²) < 4.78 is 1.20. The van der Waals surface area contributed by atoms with Gasteiger partial charge in [0.15, 0.2) is 10.8 Å². The zero-order valence-corrected chi connectivity index (χ0v) is 12.1. The second kappa shape index (κ2) is 4.67. The Bertz CT molecular complexity index is 493. The van der Waals surface area contributed by atoms with Gasteiger partial charge in [-0.2, -0.15) is 0 Å². The largest absolute Gasteiger partial charge is 0.240 e. The van der Waals surface area contributed by atoms with Crippen molar-refractivity contribution in [2.24, 2.45) is 0 Å². The van der Waals surface area contributed by atoms with Crippen molar-refractivity contribution >= 4 is 68.7 Å². The lowest BCUT2D eigenvalue weighted by molar-refractivity contribution is 1.15. The minimum atomic E-state index is 0.317. The van der Waals surface area contributed by atoms with E-state index in [-0.39, 0.29) is 0 Å². The van der Waals surface area contributed by atoms with Gasteiger partial charge in [-0.15, -0.1) is 0 Å². The van der Waals surface area contributed by atoms with Crippen molar-refractivity contribution in [2.75, 3.05) is 0 Å². The van der Waals surface area contributed by atoms with Crippen LogP contribution in [-0.4, -0.2) is 15.0 Å². The molecule has 0 aliphatic carbocycles. The van der Waals surface area contributed by atoms with Crippen LogP contribution < -0.4 is 0 Å². The summed E-state index contributed by atoms with van der Waals surface area (Å²) in [6.07, 6.45) is 1.53. The Morgan fingerprint density at radius 2 is 1.73 bits per heavy atom. The fraction of sp³-hybridized carbons (Fsp3) is 0. The van der Waals surface area contributed by atoms with E-state index in [2.05, 4.69) is 15.0 Å². The third-order valence-electron chi connectivity index (χ3n) is 1.44. The third-order valence-corrected chi connectivity index (χ3v) is 4.76. The summed E-state index contributed by atoms with van der Waals surface area (Å²) in [6.45, 7) is 0. The fourth-order valence-corrected chi connectivity index (χ4v) is 2.32. The summed E-state index contributed by atoms with van der Waals surface area (Å²) in [5.41, 5.74) is 0. The van der Waals surface area contributed by atoms with Crippen molar-refractivity contribution in [3.05, 3.63) is 24.4 Å². The van der Waals surface area contributed by atoms with Gasteiger partial charge < -0.3 is 0 Å². The van der Waals surface area contributed by atoms with Gasteiger partial charge in [0, 0.05) is 0 Å². The molecule has 0 amide bonds. The highest BCUT2D eigenvalue weighted by Crippen LogP contribution is 2.30. The molecule has 0 fully saturated rings. The van der Waals surface area contributed by atoms with E-state index in [1.165, 1.54) is 17.5 Å². The molecular weight excluding hydrogens is 391 g/mol. The van der Waals surface area contributed by atoms with Crippen molar-refractivity contribution in [3.8, 4) is 10.8 Å². The van der Waals surface area contributed by atoms with Crippen molar-refractivity contribution in [2.45, 2.75) is 0 Å². The normalized spacial score (nSPS) is 10.7. The van der Waals surface area contributed by atoms with Crippen LogP contribution in [-0.2, 0) is 0 Å². The number of aromatic nitrogens is 3. The van der Waals surface area contributed by atoms with Gasteiger partial charge in [-0.05, 0) is 22.6 Å². The van der Waals surface area contributed by atoms with Crippen LogP contribution in [0.25, 0.3) is 10.8 Å². The molecule has 78 valence electrons. The van der Waals surface area contributed by atoms with E-state index < -0.39 is 0 Å². The summed E-state index contributed by atoms with van der Waals surface area (Å²) >= 11 is 20.8. The Labute approximate surface area is 118 Å². The molecule has 2 aromatic rings. The molecule has 0 radical (unpaired) electrons. The average molecular weight is 392 g/mol. The van der Waals surface area contributed by atoms with Gasteiger partial charge in [-0.1, -0.05) is 46.1 Å². The van der Waals surface area contributed by atoms with Gasteiger partial charge in [0.2, 0.25) is 0 Å². The van der Waals surface area contributed by atoms with E-state index in [0.29, 0.717) is 29.0 Å². The van der Waals surface area contributed by atoms with Gasteiger partial charge in [-0.3, -0.25) is 0 Å². The number of halogens is 4. The van der Waals surface area contributed by atoms with E-state index in [0.717, 1.165) is 0 Å². The molecule has 0 aliphatic heterocycles. The molecule has 2 rings (SSSR count). The zero-order valence-electron chi connectivity index (χ0n) is 6.84. The highest BCUT2D eigenvalue weighted by Gasteiger charge is 2.12. The molecule has 0 N–H and O–H groups in total. The molecule has 0 aliphatic rings. The van der Waals surface area contributed by atoms with Crippen LogP contribution in [0.5, 0.6) is 0 Å². The van der Waals surface area contributed by atoms with Crippen molar-refractivity contribution in [3.63, 3.8) is 0 Å². The number of rotatable bonds is 1. The number of thiazole rings is 1.